The van der Waals surface area contributed by atoms with E-state index < -0.39 is 0 Å². The zero-order chi connectivity index (χ0) is 18.7. The van der Waals surface area contributed by atoms with E-state index in [-0.39, 0.29) is 11.5 Å². The number of hydrogen-bond acceptors (Lipinski definition) is 5. The van der Waals surface area contributed by atoms with Crippen LogP contribution in [0.4, 0.5) is 0 Å². The summed E-state index contributed by atoms with van der Waals surface area (Å²) in [5.74, 6) is 0.675. The van der Waals surface area contributed by atoms with Crippen molar-refractivity contribution >= 4 is 0 Å². The zero-order valence-electron chi connectivity index (χ0n) is 15.9. The molecule has 0 radical (unpaired) electrons. The highest BCUT2D eigenvalue weighted by Crippen LogP contribution is 2.38. The van der Waals surface area contributed by atoms with Crippen LogP contribution in [0, 0.1) is 5.41 Å². The van der Waals surface area contributed by atoms with Gasteiger partial charge >= 0.3 is 0 Å². The first-order valence-electron chi connectivity index (χ1n) is 9.42. The second-order valence-corrected chi connectivity index (χ2v) is 7.97. The van der Waals surface area contributed by atoms with Crippen molar-refractivity contribution in [3.63, 3.8) is 0 Å². The summed E-state index contributed by atoms with van der Waals surface area (Å²) in [6.07, 6.45) is 4.52. The molecule has 0 saturated carbocycles. The summed E-state index contributed by atoms with van der Waals surface area (Å²) in [6, 6.07) is 14.4. The minimum atomic E-state index is 0.0505. The maximum Gasteiger partial charge on any atom is 0.279 e. The van der Waals surface area contributed by atoms with Gasteiger partial charge in [-0.1, -0.05) is 50.2 Å². The number of hydroxylamine groups is 2. The molecule has 0 bridgehead atoms. The summed E-state index contributed by atoms with van der Waals surface area (Å²) in [7, 11) is 0. The molecule has 27 heavy (non-hydrogen) atoms. The van der Waals surface area contributed by atoms with Gasteiger partial charge in [-0.25, -0.2) is 0 Å². The summed E-state index contributed by atoms with van der Waals surface area (Å²) in [6.45, 7) is 6.85. The zero-order valence-corrected chi connectivity index (χ0v) is 15.9. The first kappa shape index (κ1) is 18.0. The summed E-state index contributed by atoms with van der Waals surface area (Å²) < 4.78 is 11.9. The predicted molar refractivity (Wildman–Crippen MR) is 102 cm³/mol. The standard InChI is InChI=1S/C22H26N2O3/c1-22(2)15-25-21(26-16-22)19-11-20(18-9-6-10-23-12-18)24(13-19)27-14-17-7-4-3-5-8-17/h3-10,12,20H,11,13-16H2,1-2H3. The molecule has 0 spiro atoms. The van der Waals surface area contributed by atoms with Gasteiger partial charge in [0, 0.05) is 23.4 Å². The lowest BCUT2D eigenvalue weighted by atomic mass is 9.95. The van der Waals surface area contributed by atoms with Gasteiger partial charge in [0.25, 0.3) is 5.95 Å². The molecule has 0 aliphatic carbocycles. The maximum atomic E-state index is 6.18. The van der Waals surface area contributed by atoms with Gasteiger partial charge in [-0.2, -0.15) is 5.06 Å². The quantitative estimate of drug-likeness (QED) is 0.810. The number of rotatable bonds is 4. The average molecular weight is 366 g/mol. The number of hydrogen-bond donors (Lipinski definition) is 0. The Morgan fingerprint density at radius 3 is 2.59 bits per heavy atom. The van der Waals surface area contributed by atoms with Crippen molar-refractivity contribution in [2.24, 2.45) is 5.41 Å². The summed E-state index contributed by atoms with van der Waals surface area (Å²) in [4.78, 5) is 10.5. The molecule has 2 aliphatic heterocycles. The molecule has 2 aliphatic rings. The molecule has 5 nitrogen and oxygen atoms in total. The molecule has 4 rings (SSSR count). The summed E-state index contributed by atoms with van der Waals surface area (Å²) >= 11 is 0. The van der Waals surface area contributed by atoms with Crippen LogP contribution in [0.25, 0.3) is 0 Å². The highest BCUT2D eigenvalue weighted by molar-refractivity contribution is 5.23. The molecule has 1 atom stereocenters. The maximum absolute atomic E-state index is 6.18. The highest BCUT2D eigenvalue weighted by Gasteiger charge is 2.36. The van der Waals surface area contributed by atoms with Crippen molar-refractivity contribution in [1.29, 1.82) is 0 Å². The van der Waals surface area contributed by atoms with Crippen molar-refractivity contribution in [3.8, 4) is 0 Å². The largest absolute Gasteiger partial charge is 0.465 e. The number of benzene rings is 1. The molecule has 2 aromatic rings. The van der Waals surface area contributed by atoms with E-state index in [0.717, 1.165) is 23.1 Å². The van der Waals surface area contributed by atoms with Gasteiger partial charge in [0.15, 0.2) is 0 Å². The second kappa shape index (κ2) is 7.71. The van der Waals surface area contributed by atoms with E-state index in [1.54, 1.807) is 6.20 Å². The molecular formula is C22H26N2O3. The van der Waals surface area contributed by atoms with E-state index in [9.17, 15) is 0 Å². The SMILES string of the molecule is CC1(C)COC(=C2CC(c3cccnc3)N(OCc3ccccc3)C2)OC1. The van der Waals surface area contributed by atoms with E-state index in [2.05, 4.69) is 37.0 Å². The number of aromatic nitrogens is 1. The topological polar surface area (TPSA) is 43.8 Å². The molecule has 1 aromatic carbocycles. The molecule has 0 N–H and O–H groups in total. The smallest absolute Gasteiger partial charge is 0.279 e. The Labute approximate surface area is 160 Å². The van der Waals surface area contributed by atoms with Crippen LogP contribution in [-0.2, 0) is 20.9 Å². The molecular weight excluding hydrogens is 340 g/mol. The van der Waals surface area contributed by atoms with Crippen molar-refractivity contribution in [2.75, 3.05) is 19.8 Å². The Bertz CT molecular complexity index is 778. The van der Waals surface area contributed by atoms with Gasteiger partial charge in [-0.05, 0) is 23.6 Å². The Morgan fingerprint density at radius 1 is 1.11 bits per heavy atom. The highest BCUT2D eigenvalue weighted by atomic mass is 16.7. The minimum absolute atomic E-state index is 0.0505. The van der Waals surface area contributed by atoms with Crippen molar-refractivity contribution < 1.29 is 14.3 Å². The van der Waals surface area contributed by atoms with E-state index in [1.165, 1.54) is 0 Å². The molecule has 2 fully saturated rings. The van der Waals surface area contributed by atoms with Crippen LogP contribution in [-0.4, -0.2) is 29.8 Å². The van der Waals surface area contributed by atoms with Gasteiger partial charge in [-0.3, -0.25) is 9.82 Å². The number of ether oxygens (including phenoxy) is 2. The van der Waals surface area contributed by atoms with E-state index in [4.69, 9.17) is 14.3 Å². The summed E-state index contributed by atoms with van der Waals surface area (Å²) in [5, 5.41) is 2.03. The minimum Gasteiger partial charge on any atom is -0.465 e. The third kappa shape index (κ3) is 4.31. The van der Waals surface area contributed by atoms with Crippen LogP contribution in [0.1, 0.15) is 37.4 Å². The van der Waals surface area contributed by atoms with Gasteiger partial charge in [-0.15, -0.1) is 0 Å². The normalized spacial score (nSPS) is 22.4. The molecule has 142 valence electrons. The van der Waals surface area contributed by atoms with Gasteiger partial charge in [0.05, 0.1) is 32.4 Å². The van der Waals surface area contributed by atoms with Crippen LogP contribution in [0.3, 0.4) is 0 Å². The number of pyridine rings is 1. The van der Waals surface area contributed by atoms with Crippen LogP contribution in [0.2, 0.25) is 0 Å². The molecule has 3 heterocycles. The average Bonchev–Trinajstić information content (AvgIpc) is 3.12. The first-order chi connectivity index (χ1) is 13.1. The molecule has 0 amide bonds. The second-order valence-electron chi connectivity index (χ2n) is 7.97. The predicted octanol–water partition coefficient (Wildman–Crippen LogP) is 4.24. The third-order valence-corrected chi connectivity index (χ3v) is 4.92. The van der Waals surface area contributed by atoms with Crippen LogP contribution in [0.5, 0.6) is 0 Å². The first-order valence-corrected chi connectivity index (χ1v) is 9.42. The van der Waals surface area contributed by atoms with Gasteiger partial charge in [0.1, 0.15) is 0 Å². The van der Waals surface area contributed by atoms with Crippen LogP contribution in [0.15, 0.2) is 66.4 Å². The van der Waals surface area contributed by atoms with Gasteiger partial charge < -0.3 is 9.47 Å². The van der Waals surface area contributed by atoms with E-state index in [1.807, 2.05) is 35.5 Å². The van der Waals surface area contributed by atoms with E-state index >= 15 is 0 Å². The van der Waals surface area contributed by atoms with Crippen LogP contribution >= 0.6 is 0 Å². The molecule has 5 heteroatoms. The lowest BCUT2D eigenvalue weighted by Crippen LogP contribution is -2.31. The van der Waals surface area contributed by atoms with Gasteiger partial charge in [0.2, 0.25) is 0 Å². The Hall–Kier alpha value is -2.37. The van der Waals surface area contributed by atoms with Crippen molar-refractivity contribution in [1.82, 2.24) is 10.0 Å². The van der Waals surface area contributed by atoms with E-state index in [0.29, 0.717) is 32.3 Å². The fourth-order valence-electron chi connectivity index (χ4n) is 3.38. The molecule has 1 unspecified atom stereocenters. The fourth-order valence-corrected chi connectivity index (χ4v) is 3.38. The van der Waals surface area contributed by atoms with Crippen LogP contribution < -0.4 is 0 Å². The summed E-state index contributed by atoms with van der Waals surface area (Å²) in [5.41, 5.74) is 3.48. The number of nitrogens with zero attached hydrogens (tertiary/aromatic N) is 2. The fraction of sp³-hybridized carbons (Fsp3) is 0.409. The monoisotopic (exact) mass is 366 g/mol. The molecule has 1 aromatic heterocycles. The lowest BCUT2D eigenvalue weighted by molar-refractivity contribution is -0.179. The Kier molecular flexibility index (Phi) is 5.14. The lowest BCUT2D eigenvalue weighted by Gasteiger charge is -2.32. The van der Waals surface area contributed by atoms with Crippen molar-refractivity contribution in [3.05, 3.63) is 77.5 Å². The third-order valence-electron chi connectivity index (χ3n) is 4.92. The Morgan fingerprint density at radius 2 is 1.89 bits per heavy atom. The Balaban J connectivity index is 1.52. The van der Waals surface area contributed by atoms with Crippen molar-refractivity contribution in [2.45, 2.75) is 32.9 Å². The molecule has 2 saturated heterocycles.